The highest BCUT2D eigenvalue weighted by atomic mass is 35.5. The highest BCUT2D eigenvalue weighted by Gasteiger charge is 2.36. The SMILES string of the molecule is CC1CC(C(=O)O)c2ccccc2N1C(=O)CCCl. The van der Waals surface area contributed by atoms with E-state index in [0.717, 1.165) is 0 Å². The van der Waals surface area contributed by atoms with Gasteiger partial charge in [-0.1, -0.05) is 18.2 Å². The van der Waals surface area contributed by atoms with Crippen molar-refractivity contribution in [2.24, 2.45) is 0 Å². The number of carboxylic acids is 1. The monoisotopic (exact) mass is 281 g/mol. The molecule has 19 heavy (non-hydrogen) atoms. The fourth-order valence-corrected chi connectivity index (χ4v) is 2.79. The zero-order valence-electron chi connectivity index (χ0n) is 10.7. The van der Waals surface area contributed by atoms with E-state index >= 15 is 0 Å². The molecular formula is C14H16ClNO3. The molecule has 2 atom stereocenters. The summed E-state index contributed by atoms with van der Waals surface area (Å²) in [6.07, 6.45) is 0.693. The Morgan fingerprint density at radius 1 is 1.42 bits per heavy atom. The minimum absolute atomic E-state index is 0.0567. The molecule has 0 spiro atoms. The summed E-state index contributed by atoms with van der Waals surface area (Å²) in [5.74, 6) is -1.18. The van der Waals surface area contributed by atoms with E-state index in [-0.39, 0.29) is 24.2 Å². The van der Waals surface area contributed by atoms with E-state index in [1.165, 1.54) is 0 Å². The average molecular weight is 282 g/mol. The van der Waals surface area contributed by atoms with E-state index < -0.39 is 11.9 Å². The zero-order valence-corrected chi connectivity index (χ0v) is 11.4. The van der Waals surface area contributed by atoms with Crippen molar-refractivity contribution < 1.29 is 14.7 Å². The number of aliphatic carboxylic acids is 1. The molecule has 0 radical (unpaired) electrons. The average Bonchev–Trinajstić information content (AvgIpc) is 2.37. The second-order valence-electron chi connectivity index (χ2n) is 4.74. The third kappa shape index (κ3) is 2.59. The second kappa shape index (κ2) is 5.61. The van der Waals surface area contributed by atoms with Crippen molar-refractivity contribution in [2.45, 2.75) is 31.7 Å². The van der Waals surface area contributed by atoms with Crippen molar-refractivity contribution in [3.05, 3.63) is 29.8 Å². The number of benzene rings is 1. The van der Waals surface area contributed by atoms with Crippen LogP contribution in [0.1, 0.15) is 31.2 Å². The molecule has 0 aliphatic carbocycles. The first-order chi connectivity index (χ1) is 9.06. The number of nitrogens with zero attached hydrogens (tertiary/aromatic N) is 1. The molecule has 0 saturated carbocycles. The molecule has 1 aliphatic rings. The number of alkyl halides is 1. The molecule has 2 rings (SSSR count). The number of fused-ring (bicyclic) bond motifs is 1. The number of rotatable bonds is 3. The predicted octanol–water partition coefficient (Wildman–Crippen LogP) is 2.61. The molecule has 102 valence electrons. The van der Waals surface area contributed by atoms with Crippen LogP contribution < -0.4 is 4.90 Å². The fourth-order valence-electron chi connectivity index (χ4n) is 2.63. The van der Waals surface area contributed by atoms with Gasteiger partial charge in [0, 0.05) is 24.0 Å². The van der Waals surface area contributed by atoms with Crippen LogP contribution in [0, 0.1) is 0 Å². The van der Waals surface area contributed by atoms with Crippen molar-refractivity contribution in [1.82, 2.24) is 0 Å². The Kier molecular flexibility index (Phi) is 4.10. The normalized spacial score (nSPS) is 21.9. The minimum atomic E-state index is -0.844. The van der Waals surface area contributed by atoms with Crippen LogP contribution in [0.2, 0.25) is 0 Å². The summed E-state index contributed by atoms with van der Waals surface area (Å²) in [4.78, 5) is 25.2. The number of carbonyl (C=O) groups is 2. The van der Waals surface area contributed by atoms with Gasteiger partial charge in [-0.3, -0.25) is 9.59 Å². The molecule has 1 aliphatic heterocycles. The number of carbonyl (C=O) groups excluding carboxylic acids is 1. The lowest BCUT2D eigenvalue weighted by molar-refractivity contribution is -0.139. The maximum Gasteiger partial charge on any atom is 0.311 e. The Labute approximate surface area is 117 Å². The standard InChI is InChI=1S/C14H16ClNO3/c1-9-8-11(14(18)19)10-4-2-3-5-12(10)16(9)13(17)6-7-15/h2-5,9,11H,6-8H2,1H3,(H,18,19). The van der Waals surface area contributed by atoms with Crippen LogP contribution in [0.4, 0.5) is 5.69 Å². The van der Waals surface area contributed by atoms with Crippen LogP contribution in [-0.2, 0) is 9.59 Å². The van der Waals surface area contributed by atoms with Crippen molar-refractivity contribution in [1.29, 1.82) is 0 Å². The van der Waals surface area contributed by atoms with Gasteiger partial charge < -0.3 is 10.0 Å². The van der Waals surface area contributed by atoms with Crippen LogP contribution in [0.15, 0.2) is 24.3 Å². The molecular weight excluding hydrogens is 266 g/mol. The van der Waals surface area contributed by atoms with Gasteiger partial charge >= 0.3 is 5.97 Å². The molecule has 1 heterocycles. The van der Waals surface area contributed by atoms with Crippen molar-refractivity contribution in [2.75, 3.05) is 10.8 Å². The smallest absolute Gasteiger partial charge is 0.311 e. The van der Waals surface area contributed by atoms with Gasteiger partial charge in [0.1, 0.15) is 0 Å². The van der Waals surface area contributed by atoms with Crippen LogP contribution in [-0.4, -0.2) is 28.9 Å². The van der Waals surface area contributed by atoms with E-state index in [9.17, 15) is 14.7 Å². The molecule has 0 fully saturated rings. The van der Waals surface area contributed by atoms with Crippen LogP contribution in [0.5, 0.6) is 0 Å². The Morgan fingerprint density at radius 3 is 2.74 bits per heavy atom. The van der Waals surface area contributed by atoms with E-state index in [4.69, 9.17) is 11.6 Å². The Balaban J connectivity index is 2.44. The third-order valence-corrected chi connectivity index (χ3v) is 3.65. The Bertz CT molecular complexity index is 503. The number of carboxylic acid groups (broad SMARTS) is 1. The summed E-state index contributed by atoms with van der Waals surface area (Å²) in [6.45, 7) is 1.87. The molecule has 1 aromatic rings. The molecule has 1 N–H and O–H groups in total. The number of anilines is 1. The lowest BCUT2D eigenvalue weighted by Gasteiger charge is -2.38. The third-order valence-electron chi connectivity index (χ3n) is 3.46. The first-order valence-electron chi connectivity index (χ1n) is 6.26. The summed E-state index contributed by atoms with van der Waals surface area (Å²) >= 11 is 5.63. The fraction of sp³-hybridized carbons (Fsp3) is 0.429. The topological polar surface area (TPSA) is 57.6 Å². The van der Waals surface area contributed by atoms with E-state index in [1.54, 1.807) is 23.1 Å². The number of amides is 1. The Morgan fingerprint density at radius 2 is 2.11 bits per heavy atom. The van der Waals surface area contributed by atoms with Gasteiger partial charge in [-0.25, -0.2) is 0 Å². The maximum atomic E-state index is 12.1. The maximum absolute atomic E-state index is 12.1. The molecule has 1 aromatic carbocycles. The largest absolute Gasteiger partial charge is 0.481 e. The number of hydrogen-bond donors (Lipinski definition) is 1. The molecule has 0 aromatic heterocycles. The Hall–Kier alpha value is -1.55. The predicted molar refractivity (Wildman–Crippen MR) is 73.7 cm³/mol. The molecule has 4 nitrogen and oxygen atoms in total. The van der Waals surface area contributed by atoms with Crippen molar-refractivity contribution in [3.63, 3.8) is 0 Å². The molecule has 2 unspecified atom stereocenters. The van der Waals surface area contributed by atoms with E-state index in [2.05, 4.69) is 0 Å². The highest BCUT2D eigenvalue weighted by molar-refractivity contribution is 6.19. The lowest BCUT2D eigenvalue weighted by Crippen LogP contribution is -2.44. The van der Waals surface area contributed by atoms with Crippen LogP contribution >= 0.6 is 11.6 Å². The van der Waals surface area contributed by atoms with Gasteiger partial charge in [0.05, 0.1) is 5.92 Å². The number of halogens is 1. The van der Waals surface area contributed by atoms with Gasteiger partial charge in [0.25, 0.3) is 0 Å². The molecule has 0 bridgehead atoms. The van der Waals surface area contributed by atoms with Gasteiger partial charge in [-0.15, -0.1) is 11.6 Å². The summed E-state index contributed by atoms with van der Waals surface area (Å²) in [6, 6.07) is 7.06. The second-order valence-corrected chi connectivity index (χ2v) is 5.12. The van der Waals surface area contributed by atoms with Gasteiger partial charge in [-0.05, 0) is 25.0 Å². The van der Waals surface area contributed by atoms with E-state index in [1.807, 2.05) is 13.0 Å². The first kappa shape index (κ1) is 13.9. The lowest BCUT2D eigenvalue weighted by atomic mass is 9.86. The molecule has 1 amide bonds. The van der Waals surface area contributed by atoms with E-state index in [0.29, 0.717) is 17.7 Å². The molecule has 5 heteroatoms. The van der Waals surface area contributed by atoms with Crippen LogP contribution in [0.3, 0.4) is 0 Å². The quantitative estimate of drug-likeness (QED) is 0.867. The van der Waals surface area contributed by atoms with Gasteiger partial charge in [0.15, 0.2) is 0 Å². The number of hydrogen-bond acceptors (Lipinski definition) is 2. The van der Waals surface area contributed by atoms with Crippen molar-refractivity contribution in [3.8, 4) is 0 Å². The van der Waals surface area contributed by atoms with Gasteiger partial charge in [-0.2, -0.15) is 0 Å². The zero-order chi connectivity index (χ0) is 14.0. The van der Waals surface area contributed by atoms with Crippen molar-refractivity contribution >= 4 is 29.2 Å². The molecule has 0 saturated heterocycles. The van der Waals surface area contributed by atoms with Gasteiger partial charge in [0.2, 0.25) is 5.91 Å². The summed E-state index contributed by atoms with van der Waals surface area (Å²) in [5.41, 5.74) is 1.40. The first-order valence-corrected chi connectivity index (χ1v) is 6.79. The summed E-state index contributed by atoms with van der Waals surface area (Å²) in [5, 5.41) is 9.31. The summed E-state index contributed by atoms with van der Waals surface area (Å²) in [7, 11) is 0. The summed E-state index contributed by atoms with van der Waals surface area (Å²) < 4.78 is 0. The number of para-hydroxylation sites is 1. The van der Waals surface area contributed by atoms with Crippen LogP contribution in [0.25, 0.3) is 0 Å². The highest BCUT2D eigenvalue weighted by Crippen LogP contribution is 2.38. The minimum Gasteiger partial charge on any atom is -0.481 e.